The van der Waals surface area contributed by atoms with Gasteiger partial charge in [-0.25, -0.2) is 0 Å². The number of benzene rings is 1. The van der Waals surface area contributed by atoms with Crippen molar-refractivity contribution in [2.24, 2.45) is 0 Å². The molecule has 1 rings (SSSR count). The summed E-state index contributed by atoms with van der Waals surface area (Å²) in [5.74, 6) is -0.153. The number of phenolic OH excluding ortho intramolecular Hbond substituents is 1. The van der Waals surface area contributed by atoms with Gasteiger partial charge in [0.25, 0.3) is 5.91 Å². The SMILES string of the molecule is COCC(CCl)NC(=O)c1ccccc1O. The second-order valence-electron chi connectivity index (χ2n) is 3.30. The molecule has 0 spiro atoms. The zero-order valence-electron chi connectivity index (χ0n) is 8.94. The van der Waals surface area contributed by atoms with Crippen molar-refractivity contribution in [3.05, 3.63) is 29.8 Å². The molecule has 1 aromatic carbocycles. The van der Waals surface area contributed by atoms with Gasteiger partial charge in [0.2, 0.25) is 0 Å². The number of phenols is 1. The first kappa shape index (κ1) is 12.8. The van der Waals surface area contributed by atoms with E-state index in [1.165, 1.54) is 13.2 Å². The second kappa shape index (κ2) is 6.35. The smallest absolute Gasteiger partial charge is 0.255 e. The van der Waals surface area contributed by atoms with Gasteiger partial charge < -0.3 is 15.2 Å². The lowest BCUT2D eigenvalue weighted by Gasteiger charge is -2.15. The van der Waals surface area contributed by atoms with Crippen LogP contribution in [0.3, 0.4) is 0 Å². The van der Waals surface area contributed by atoms with E-state index in [1.54, 1.807) is 18.2 Å². The average molecular weight is 244 g/mol. The van der Waals surface area contributed by atoms with Gasteiger partial charge in [-0.05, 0) is 12.1 Å². The molecule has 0 aliphatic rings. The Bertz CT molecular complexity index is 357. The third-order valence-corrected chi connectivity index (χ3v) is 2.41. The standard InChI is InChI=1S/C11H14ClNO3/c1-16-7-8(6-12)13-11(15)9-4-2-3-5-10(9)14/h2-5,8,14H,6-7H2,1H3,(H,13,15). The number of hydrogen-bond donors (Lipinski definition) is 2. The number of aromatic hydroxyl groups is 1. The van der Waals surface area contributed by atoms with Crippen LogP contribution in [-0.4, -0.2) is 36.7 Å². The highest BCUT2D eigenvalue weighted by Gasteiger charge is 2.14. The molecule has 88 valence electrons. The number of carbonyl (C=O) groups is 1. The Hall–Kier alpha value is -1.26. The van der Waals surface area contributed by atoms with Crippen molar-refractivity contribution in [3.8, 4) is 5.75 Å². The van der Waals surface area contributed by atoms with Crippen molar-refractivity contribution < 1.29 is 14.6 Å². The molecule has 5 heteroatoms. The molecule has 0 aliphatic heterocycles. The fraction of sp³-hybridized carbons (Fsp3) is 0.364. The van der Waals surface area contributed by atoms with E-state index in [2.05, 4.69) is 5.32 Å². The fourth-order valence-electron chi connectivity index (χ4n) is 1.25. The summed E-state index contributed by atoms with van der Waals surface area (Å²) >= 11 is 5.66. The van der Waals surface area contributed by atoms with Crippen molar-refractivity contribution in [1.82, 2.24) is 5.32 Å². The molecule has 2 N–H and O–H groups in total. The Morgan fingerprint density at radius 3 is 2.81 bits per heavy atom. The third-order valence-electron chi connectivity index (χ3n) is 2.04. The summed E-state index contributed by atoms with van der Waals surface area (Å²) in [5, 5.41) is 12.1. The summed E-state index contributed by atoms with van der Waals surface area (Å²) < 4.78 is 4.90. The van der Waals surface area contributed by atoms with Gasteiger partial charge in [0.1, 0.15) is 5.75 Å². The first-order chi connectivity index (χ1) is 7.69. The van der Waals surface area contributed by atoms with Gasteiger partial charge in [0.05, 0.1) is 18.2 Å². The quantitative estimate of drug-likeness (QED) is 0.768. The molecule has 0 radical (unpaired) electrons. The molecule has 0 fully saturated rings. The van der Waals surface area contributed by atoms with E-state index in [9.17, 15) is 9.90 Å². The van der Waals surface area contributed by atoms with Crippen molar-refractivity contribution in [2.45, 2.75) is 6.04 Å². The van der Waals surface area contributed by atoms with Gasteiger partial charge in [-0.15, -0.1) is 11.6 Å². The Labute approximate surface area is 99.2 Å². The molecule has 0 aliphatic carbocycles. The molecule has 1 amide bonds. The molecule has 0 saturated carbocycles. The maximum absolute atomic E-state index is 11.7. The van der Waals surface area contributed by atoms with Crippen LogP contribution in [0.1, 0.15) is 10.4 Å². The molecule has 0 aromatic heterocycles. The second-order valence-corrected chi connectivity index (χ2v) is 3.61. The first-order valence-electron chi connectivity index (χ1n) is 4.82. The van der Waals surface area contributed by atoms with Crippen LogP contribution < -0.4 is 5.32 Å². The minimum Gasteiger partial charge on any atom is -0.507 e. The number of ether oxygens (including phenoxy) is 1. The lowest BCUT2D eigenvalue weighted by atomic mass is 10.2. The van der Waals surface area contributed by atoms with Crippen molar-refractivity contribution in [2.75, 3.05) is 19.6 Å². The van der Waals surface area contributed by atoms with E-state index < -0.39 is 0 Å². The number of para-hydroxylation sites is 1. The lowest BCUT2D eigenvalue weighted by Crippen LogP contribution is -2.39. The number of halogens is 1. The maximum atomic E-state index is 11.7. The van der Waals surface area contributed by atoms with Crippen LogP contribution in [0.25, 0.3) is 0 Å². The van der Waals surface area contributed by atoms with Gasteiger partial charge in [-0.3, -0.25) is 4.79 Å². The van der Waals surface area contributed by atoms with Crippen LogP contribution in [0.2, 0.25) is 0 Å². The van der Waals surface area contributed by atoms with E-state index in [0.29, 0.717) is 6.61 Å². The summed E-state index contributed by atoms with van der Waals surface area (Å²) in [6, 6.07) is 6.07. The van der Waals surface area contributed by atoms with Crippen LogP contribution in [0.15, 0.2) is 24.3 Å². The Balaban J connectivity index is 2.68. The van der Waals surface area contributed by atoms with E-state index >= 15 is 0 Å². The van der Waals surface area contributed by atoms with Crippen LogP contribution in [0.4, 0.5) is 0 Å². The largest absolute Gasteiger partial charge is 0.507 e. The molecule has 1 aromatic rings. The normalized spacial score (nSPS) is 12.1. The number of methoxy groups -OCH3 is 1. The number of hydrogen-bond acceptors (Lipinski definition) is 3. The first-order valence-corrected chi connectivity index (χ1v) is 5.36. The highest BCUT2D eigenvalue weighted by Crippen LogP contribution is 2.15. The Morgan fingerprint density at radius 1 is 1.56 bits per heavy atom. The number of nitrogens with one attached hydrogen (secondary N) is 1. The Morgan fingerprint density at radius 2 is 2.25 bits per heavy atom. The van der Waals surface area contributed by atoms with E-state index in [1.807, 2.05) is 0 Å². The van der Waals surface area contributed by atoms with Crippen LogP contribution in [0.5, 0.6) is 5.75 Å². The van der Waals surface area contributed by atoms with E-state index in [-0.39, 0.29) is 29.1 Å². The van der Waals surface area contributed by atoms with Crippen LogP contribution in [-0.2, 0) is 4.74 Å². The van der Waals surface area contributed by atoms with Gasteiger partial charge in [-0.1, -0.05) is 12.1 Å². The summed E-state index contributed by atoms with van der Waals surface area (Å²) in [4.78, 5) is 11.7. The zero-order valence-corrected chi connectivity index (χ0v) is 9.70. The van der Waals surface area contributed by atoms with E-state index in [4.69, 9.17) is 16.3 Å². The number of amides is 1. The van der Waals surface area contributed by atoms with Crippen LogP contribution >= 0.6 is 11.6 Å². The van der Waals surface area contributed by atoms with Gasteiger partial charge in [-0.2, -0.15) is 0 Å². The predicted molar refractivity (Wildman–Crippen MR) is 62.0 cm³/mol. The van der Waals surface area contributed by atoms with Crippen LogP contribution in [0, 0.1) is 0 Å². The number of alkyl halides is 1. The molecular weight excluding hydrogens is 230 g/mol. The maximum Gasteiger partial charge on any atom is 0.255 e. The topological polar surface area (TPSA) is 58.6 Å². The highest BCUT2D eigenvalue weighted by molar-refractivity contribution is 6.18. The molecule has 0 saturated heterocycles. The monoisotopic (exact) mass is 243 g/mol. The summed E-state index contributed by atoms with van der Waals surface area (Å²) in [6.07, 6.45) is 0. The lowest BCUT2D eigenvalue weighted by molar-refractivity contribution is 0.0904. The van der Waals surface area contributed by atoms with Crippen molar-refractivity contribution in [3.63, 3.8) is 0 Å². The molecule has 16 heavy (non-hydrogen) atoms. The fourth-order valence-corrected chi connectivity index (χ4v) is 1.42. The van der Waals surface area contributed by atoms with E-state index in [0.717, 1.165) is 0 Å². The number of carbonyl (C=O) groups excluding carboxylic acids is 1. The van der Waals surface area contributed by atoms with Crippen molar-refractivity contribution in [1.29, 1.82) is 0 Å². The third kappa shape index (κ3) is 3.40. The summed E-state index contributed by atoms with van der Waals surface area (Å²) in [7, 11) is 1.53. The van der Waals surface area contributed by atoms with Gasteiger partial charge in [0, 0.05) is 13.0 Å². The Kier molecular flexibility index (Phi) is 5.08. The zero-order chi connectivity index (χ0) is 12.0. The average Bonchev–Trinajstić information content (AvgIpc) is 2.28. The minimum absolute atomic E-state index is 0.0502. The molecule has 1 atom stereocenters. The molecular formula is C11H14ClNO3. The summed E-state index contributed by atoms with van der Waals surface area (Å²) in [6.45, 7) is 0.336. The molecule has 0 bridgehead atoms. The predicted octanol–water partition coefficient (Wildman–Crippen LogP) is 1.38. The number of rotatable bonds is 5. The molecule has 4 nitrogen and oxygen atoms in total. The van der Waals surface area contributed by atoms with Gasteiger partial charge >= 0.3 is 0 Å². The van der Waals surface area contributed by atoms with Crippen molar-refractivity contribution >= 4 is 17.5 Å². The van der Waals surface area contributed by atoms with Gasteiger partial charge in [0.15, 0.2) is 0 Å². The highest BCUT2D eigenvalue weighted by atomic mass is 35.5. The molecule has 0 heterocycles. The molecule has 1 unspecified atom stereocenters. The summed E-state index contributed by atoms with van der Waals surface area (Å²) in [5.41, 5.74) is 0.230. The minimum atomic E-state index is -0.360.